The molecule has 2 rings (SSSR count). The van der Waals surface area contributed by atoms with Crippen molar-refractivity contribution in [2.75, 3.05) is 0 Å². The third kappa shape index (κ3) is 3.39. The van der Waals surface area contributed by atoms with Gasteiger partial charge >= 0.3 is 0 Å². The van der Waals surface area contributed by atoms with Crippen LogP contribution in [-0.2, 0) is 6.42 Å². The van der Waals surface area contributed by atoms with Gasteiger partial charge in [0.15, 0.2) is 0 Å². The van der Waals surface area contributed by atoms with E-state index in [9.17, 15) is 8.78 Å². The van der Waals surface area contributed by atoms with Crippen molar-refractivity contribution in [1.82, 2.24) is 0 Å². The lowest BCUT2D eigenvalue weighted by Gasteiger charge is -2.04. The van der Waals surface area contributed by atoms with Crippen molar-refractivity contribution < 1.29 is 8.78 Å². The minimum Gasteiger partial charge on any atom is -0.207 e. The van der Waals surface area contributed by atoms with Crippen molar-refractivity contribution in [2.24, 2.45) is 0 Å². The zero-order chi connectivity index (χ0) is 13.5. The number of hydrogen-bond acceptors (Lipinski definition) is 0. The van der Waals surface area contributed by atoms with Gasteiger partial charge in [0.25, 0.3) is 0 Å². The Morgan fingerprint density at radius 2 is 1.50 bits per heavy atom. The molecule has 2 aromatic carbocycles. The van der Waals surface area contributed by atoms with Gasteiger partial charge < -0.3 is 0 Å². The summed E-state index contributed by atoms with van der Waals surface area (Å²) in [6, 6.07) is 11.3. The van der Waals surface area contributed by atoms with E-state index >= 15 is 0 Å². The van der Waals surface area contributed by atoms with Gasteiger partial charge in [0.2, 0.25) is 0 Å². The van der Waals surface area contributed by atoms with E-state index in [0.29, 0.717) is 5.56 Å². The first-order valence-corrected chi connectivity index (χ1v) is 6.25. The third-order valence-electron chi connectivity index (χ3n) is 2.60. The first kappa shape index (κ1) is 14.4. The predicted octanol–water partition coefficient (Wildman–Crippen LogP) is 5.22. The first-order chi connectivity index (χ1) is 8.70. The van der Waals surface area contributed by atoms with Crippen LogP contribution in [0.3, 0.4) is 0 Å². The normalized spacial score (nSPS) is 9.61. The Balaban J connectivity index is 0.000000771. The van der Waals surface area contributed by atoms with Gasteiger partial charge in [0, 0.05) is 11.6 Å². The largest absolute Gasteiger partial charge is 0.207 e. The summed E-state index contributed by atoms with van der Waals surface area (Å²) in [6.45, 7) is 6.06. The summed E-state index contributed by atoms with van der Waals surface area (Å²) in [6.07, 6.45) is 0.951. The summed E-state index contributed by atoms with van der Waals surface area (Å²) in [4.78, 5) is 0. The molecule has 0 fully saturated rings. The maximum absolute atomic E-state index is 13.5. The smallest absolute Gasteiger partial charge is 0.133 e. The quantitative estimate of drug-likeness (QED) is 0.683. The average Bonchev–Trinajstić information content (AvgIpc) is 2.41. The number of halogens is 2. The second kappa shape index (κ2) is 6.90. The summed E-state index contributed by atoms with van der Waals surface area (Å²) in [5, 5.41) is 0. The molecule has 0 aliphatic heterocycles. The highest BCUT2D eigenvalue weighted by Crippen LogP contribution is 2.23. The van der Waals surface area contributed by atoms with E-state index in [0.717, 1.165) is 18.1 Å². The average molecular weight is 248 g/mol. The zero-order valence-corrected chi connectivity index (χ0v) is 11.0. The second-order valence-electron chi connectivity index (χ2n) is 3.67. The summed E-state index contributed by atoms with van der Waals surface area (Å²) in [5.41, 5.74) is 2.41. The van der Waals surface area contributed by atoms with Crippen LogP contribution in [0.2, 0.25) is 0 Å². The fraction of sp³-hybridized carbons (Fsp3) is 0.250. The zero-order valence-electron chi connectivity index (χ0n) is 11.0. The van der Waals surface area contributed by atoms with Crippen LogP contribution in [-0.4, -0.2) is 0 Å². The Bertz CT molecular complexity index is 487. The molecule has 0 nitrogen and oxygen atoms in total. The highest BCUT2D eigenvalue weighted by atomic mass is 19.1. The number of rotatable bonds is 2. The topological polar surface area (TPSA) is 0 Å². The molecular weight excluding hydrogens is 230 g/mol. The van der Waals surface area contributed by atoms with Crippen molar-refractivity contribution in [3.63, 3.8) is 0 Å². The molecule has 2 aromatic rings. The van der Waals surface area contributed by atoms with Crippen LogP contribution >= 0.6 is 0 Å². The fourth-order valence-electron chi connectivity index (χ4n) is 1.64. The molecule has 0 N–H and O–H groups in total. The molecule has 0 saturated carbocycles. The Kier molecular flexibility index (Phi) is 5.50. The van der Waals surface area contributed by atoms with Crippen LogP contribution in [0.4, 0.5) is 8.78 Å². The van der Waals surface area contributed by atoms with E-state index < -0.39 is 11.6 Å². The molecule has 0 atom stereocenters. The summed E-state index contributed by atoms with van der Waals surface area (Å²) in [7, 11) is 0. The Morgan fingerprint density at radius 1 is 0.889 bits per heavy atom. The Hall–Kier alpha value is -1.70. The van der Waals surface area contributed by atoms with Crippen molar-refractivity contribution in [2.45, 2.75) is 27.2 Å². The minimum absolute atomic E-state index is 0.434. The van der Waals surface area contributed by atoms with Gasteiger partial charge in [-0.2, -0.15) is 0 Å². The predicted molar refractivity (Wildman–Crippen MR) is 72.5 cm³/mol. The third-order valence-corrected chi connectivity index (χ3v) is 2.60. The molecule has 2 heteroatoms. The lowest BCUT2D eigenvalue weighted by molar-refractivity contribution is 0.585. The van der Waals surface area contributed by atoms with E-state index in [2.05, 4.69) is 6.92 Å². The standard InChI is InChI=1S/C14H12F2.C2H6/c1-2-10-3-5-11(6-4-10)13-8-7-12(15)9-14(13)16;1-2/h3-9H,2H2,1H3;1-2H3. The van der Waals surface area contributed by atoms with E-state index in [1.165, 1.54) is 17.7 Å². The van der Waals surface area contributed by atoms with Gasteiger partial charge in [-0.3, -0.25) is 0 Å². The molecule has 0 spiro atoms. The second-order valence-corrected chi connectivity index (χ2v) is 3.67. The lowest BCUT2D eigenvalue weighted by atomic mass is 10.0. The summed E-state index contributed by atoms with van der Waals surface area (Å²) < 4.78 is 26.2. The van der Waals surface area contributed by atoms with Gasteiger partial charge in [-0.05, 0) is 29.7 Å². The highest BCUT2D eigenvalue weighted by Gasteiger charge is 2.05. The SMILES string of the molecule is CC.CCc1ccc(-c2ccc(F)cc2F)cc1. The van der Waals surface area contributed by atoms with Crippen LogP contribution < -0.4 is 0 Å². The summed E-state index contributed by atoms with van der Waals surface area (Å²) in [5.74, 6) is -1.07. The number of aryl methyl sites for hydroxylation is 1. The van der Waals surface area contributed by atoms with Crippen molar-refractivity contribution >= 4 is 0 Å². The Morgan fingerprint density at radius 3 is 2.00 bits per heavy atom. The molecule has 0 aliphatic carbocycles. The van der Waals surface area contributed by atoms with E-state index in [1.807, 2.05) is 38.1 Å². The highest BCUT2D eigenvalue weighted by molar-refractivity contribution is 5.64. The maximum Gasteiger partial charge on any atom is 0.133 e. The van der Waals surface area contributed by atoms with Crippen LogP contribution in [0.15, 0.2) is 42.5 Å². The number of benzene rings is 2. The van der Waals surface area contributed by atoms with Crippen molar-refractivity contribution in [3.8, 4) is 11.1 Å². The molecule has 0 amide bonds. The molecule has 0 radical (unpaired) electrons. The minimum atomic E-state index is -0.550. The molecule has 0 heterocycles. The molecule has 0 saturated heterocycles. The van der Waals surface area contributed by atoms with Crippen LogP contribution in [0, 0.1) is 11.6 Å². The molecule has 0 aliphatic rings. The van der Waals surface area contributed by atoms with Crippen molar-refractivity contribution in [3.05, 3.63) is 59.7 Å². The van der Waals surface area contributed by atoms with E-state index in [-0.39, 0.29) is 0 Å². The molecular formula is C16H18F2. The number of hydrogen-bond donors (Lipinski definition) is 0. The molecule has 0 bridgehead atoms. The molecule has 0 aromatic heterocycles. The molecule has 0 unspecified atom stereocenters. The van der Waals surface area contributed by atoms with Gasteiger partial charge in [0.05, 0.1) is 0 Å². The van der Waals surface area contributed by atoms with Gasteiger partial charge in [0.1, 0.15) is 11.6 Å². The fourth-order valence-corrected chi connectivity index (χ4v) is 1.64. The Labute approximate surface area is 107 Å². The van der Waals surface area contributed by atoms with Crippen molar-refractivity contribution in [1.29, 1.82) is 0 Å². The van der Waals surface area contributed by atoms with Crippen LogP contribution in [0.25, 0.3) is 11.1 Å². The van der Waals surface area contributed by atoms with Gasteiger partial charge in [-0.15, -0.1) is 0 Å². The van der Waals surface area contributed by atoms with E-state index in [1.54, 1.807) is 0 Å². The van der Waals surface area contributed by atoms with Crippen LogP contribution in [0.1, 0.15) is 26.3 Å². The van der Waals surface area contributed by atoms with Gasteiger partial charge in [-0.1, -0.05) is 45.0 Å². The van der Waals surface area contributed by atoms with E-state index in [4.69, 9.17) is 0 Å². The first-order valence-electron chi connectivity index (χ1n) is 6.25. The van der Waals surface area contributed by atoms with Gasteiger partial charge in [-0.25, -0.2) is 8.78 Å². The lowest BCUT2D eigenvalue weighted by Crippen LogP contribution is -1.87. The molecule has 96 valence electrons. The molecule has 18 heavy (non-hydrogen) atoms. The summed E-state index contributed by atoms with van der Waals surface area (Å²) >= 11 is 0. The monoisotopic (exact) mass is 248 g/mol. The van der Waals surface area contributed by atoms with Crippen LogP contribution in [0.5, 0.6) is 0 Å². The maximum atomic E-state index is 13.5.